The monoisotopic (exact) mass is 466 g/mol. The van der Waals surface area contributed by atoms with Crippen LogP contribution < -0.4 is 10.2 Å². The maximum atomic E-state index is 13.2. The predicted molar refractivity (Wildman–Crippen MR) is 130 cm³/mol. The number of amides is 4. The number of hydrogen-bond acceptors (Lipinski definition) is 5. The molecule has 0 spiro atoms. The molecule has 0 bridgehead atoms. The molecule has 4 aromatic rings. The summed E-state index contributed by atoms with van der Waals surface area (Å²) in [5.41, 5.74) is 2.54. The van der Waals surface area contributed by atoms with Gasteiger partial charge < -0.3 is 4.57 Å². The zero-order chi connectivity index (χ0) is 24.5. The number of carbonyl (C=O) groups is 3. The largest absolute Gasteiger partial charge is 0.342 e. The van der Waals surface area contributed by atoms with Crippen molar-refractivity contribution in [2.24, 2.45) is 0 Å². The molecule has 3 aromatic carbocycles. The van der Waals surface area contributed by atoms with Gasteiger partial charge in [0.2, 0.25) is 0 Å². The van der Waals surface area contributed by atoms with E-state index in [4.69, 9.17) is 0 Å². The van der Waals surface area contributed by atoms with Crippen molar-refractivity contribution >= 4 is 46.2 Å². The minimum atomic E-state index is -0.802. The van der Waals surface area contributed by atoms with E-state index in [0.29, 0.717) is 17.8 Å². The van der Waals surface area contributed by atoms with Crippen molar-refractivity contribution in [2.75, 3.05) is 4.90 Å². The van der Waals surface area contributed by atoms with Gasteiger partial charge in [-0.25, -0.2) is 9.69 Å². The third-order valence-electron chi connectivity index (χ3n) is 5.74. The molecule has 35 heavy (non-hydrogen) atoms. The molecule has 1 aliphatic rings. The van der Waals surface area contributed by atoms with Gasteiger partial charge in [-0.3, -0.25) is 25.0 Å². The smallest absolute Gasteiger partial charge is 0.335 e. The first kappa shape index (κ1) is 21.8. The molecule has 1 saturated heterocycles. The van der Waals surface area contributed by atoms with Crippen molar-refractivity contribution in [3.05, 3.63) is 112 Å². The van der Waals surface area contributed by atoms with Crippen LogP contribution in [0.5, 0.6) is 0 Å². The first-order chi connectivity index (χ1) is 16.9. The van der Waals surface area contributed by atoms with Crippen LogP contribution >= 0.6 is 0 Å². The van der Waals surface area contributed by atoms with Crippen LogP contribution in [0.25, 0.3) is 17.0 Å². The third kappa shape index (κ3) is 4.06. The predicted octanol–water partition coefficient (Wildman–Crippen LogP) is 4.26. The van der Waals surface area contributed by atoms with Crippen LogP contribution in [0.3, 0.4) is 0 Å². The van der Waals surface area contributed by atoms with Crippen molar-refractivity contribution in [1.29, 1.82) is 0 Å². The highest BCUT2D eigenvalue weighted by Crippen LogP contribution is 2.27. The molecule has 1 aromatic heterocycles. The van der Waals surface area contributed by atoms with Gasteiger partial charge in [-0.05, 0) is 29.8 Å². The molecule has 0 aliphatic carbocycles. The van der Waals surface area contributed by atoms with Crippen LogP contribution in [0, 0.1) is 10.1 Å². The Morgan fingerprint density at radius 1 is 0.886 bits per heavy atom. The fraction of sp³-hybridized carbons (Fsp3) is 0.0385. The molecule has 4 amide bonds. The van der Waals surface area contributed by atoms with Gasteiger partial charge in [0.1, 0.15) is 5.57 Å². The zero-order valence-corrected chi connectivity index (χ0v) is 18.3. The molecule has 1 aliphatic heterocycles. The number of benzene rings is 3. The quantitative estimate of drug-likeness (QED) is 0.204. The minimum absolute atomic E-state index is 0.0101. The van der Waals surface area contributed by atoms with E-state index < -0.39 is 22.8 Å². The summed E-state index contributed by atoms with van der Waals surface area (Å²) < 4.78 is 1.94. The molecule has 0 unspecified atom stereocenters. The van der Waals surface area contributed by atoms with Gasteiger partial charge in [0.25, 0.3) is 17.5 Å². The van der Waals surface area contributed by atoms with Gasteiger partial charge in [-0.1, -0.05) is 48.5 Å². The number of nitro groups is 1. The number of barbiturate groups is 1. The molecule has 172 valence electrons. The summed E-state index contributed by atoms with van der Waals surface area (Å²) in [5.74, 6) is -1.48. The second kappa shape index (κ2) is 8.71. The summed E-state index contributed by atoms with van der Waals surface area (Å²) >= 11 is 0. The molecule has 0 saturated carbocycles. The molecule has 1 N–H and O–H groups in total. The average Bonchev–Trinajstić information content (AvgIpc) is 3.20. The lowest BCUT2D eigenvalue weighted by molar-refractivity contribution is -0.384. The molecule has 2 heterocycles. The molecular weight excluding hydrogens is 448 g/mol. The Kier molecular flexibility index (Phi) is 5.42. The normalized spacial score (nSPS) is 15.0. The van der Waals surface area contributed by atoms with Crippen LogP contribution in [0.4, 0.5) is 16.2 Å². The maximum Gasteiger partial charge on any atom is 0.335 e. The number of fused-ring (bicyclic) bond motifs is 1. The van der Waals surface area contributed by atoms with E-state index in [9.17, 15) is 24.5 Å². The van der Waals surface area contributed by atoms with Gasteiger partial charge in [0, 0.05) is 41.3 Å². The summed E-state index contributed by atoms with van der Waals surface area (Å²) in [6.07, 6.45) is 3.29. The zero-order valence-electron chi connectivity index (χ0n) is 18.3. The fourth-order valence-corrected chi connectivity index (χ4v) is 4.07. The van der Waals surface area contributed by atoms with Gasteiger partial charge in [-0.2, -0.15) is 0 Å². The second-order valence-corrected chi connectivity index (χ2v) is 7.95. The van der Waals surface area contributed by atoms with Crippen LogP contribution in [0.2, 0.25) is 0 Å². The van der Waals surface area contributed by atoms with Crippen molar-refractivity contribution in [2.45, 2.75) is 6.54 Å². The van der Waals surface area contributed by atoms with E-state index in [2.05, 4.69) is 5.32 Å². The number of nitrogens with one attached hydrogen (secondary N) is 1. The number of aromatic nitrogens is 1. The molecule has 9 heteroatoms. The summed E-state index contributed by atoms with van der Waals surface area (Å²) in [4.78, 5) is 49.6. The van der Waals surface area contributed by atoms with E-state index in [0.717, 1.165) is 21.4 Å². The Morgan fingerprint density at radius 2 is 1.57 bits per heavy atom. The van der Waals surface area contributed by atoms with Crippen molar-refractivity contribution in [3.8, 4) is 0 Å². The topological polar surface area (TPSA) is 115 Å². The summed E-state index contributed by atoms with van der Waals surface area (Å²) in [6.45, 7) is 0.427. The lowest BCUT2D eigenvalue weighted by atomic mass is 10.1. The summed E-state index contributed by atoms with van der Waals surface area (Å²) in [7, 11) is 0. The molecule has 0 atom stereocenters. The number of anilines is 1. The van der Waals surface area contributed by atoms with Crippen LogP contribution in [-0.4, -0.2) is 27.3 Å². The van der Waals surface area contributed by atoms with E-state index >= 15 is 0 Å². The summed E-state index contributed by atoms with van der Waals surface area (Å²) in [5, 5.41) is 14.0. The number of nitro benzene ring substituents is 1. The third-order valence-corrected chi connectivity index (χ3v) is 5.74. The van der Waals surface area contributed by atoms with Gasteiger partial charge >= 0.3 is 6.03 Å². The van der Waals surface area contributed by atoms with Gasteiger partial charge in [0.15, 0.2) is 0 Å². The van der Waals surface area contributed by atoms with E-state index in [1.807, 2.05) is 35.0 Å². The van der Waals surface area contributed by atoms with Crippen LogP contribution in [0.1, 0.15) is 11.1 Å². The Bertz CT molecular complexity index is 1520. The van der Waals surface area contributed by atoms with Crippen LogP contribution in [-0.2, 0) is 16.1 Å². The van der Waals surface area contributed by atoms with Gasteiger partial charge in [-0.15, -0.1) is 0 Å². The average molecular weight is 466 g/mol. The molecule has 5 rings (SSSR count). The van der Waals surface area contributed by atoms with Crippen LogP contribution in [0.15, 0.2) is 90.6 Å². The van der Waals surface area contributed by atoms with Crippen molar-refractivity contribution < 1.29 is 19.3 Å². The lowest BCUT2D eigenvalue weighted by Gasteiger charge is -2.26. The highest BCUT2D eigenvalue weighted by Gasteiger charge is 2.36. The summed E-state index contributed by atoms with van der Waals surface area (Å²) in [6, 6.07) is 21.4. The highest BCUT2D eigenvalue weighted by atomic mass is 16.6. The molecule has 0 radical (unpaired) electrons. The first-order valence-electron chi connectivity index (χ1n) is 10.7. The lowest BCUT2D eigenvalue weighted by Crippen LogP contribution is -2.54. The van der Waals surface area contributed by atoms with E-state index in [1.165, 1.54) is 18.2 Å². The standard InChI is InChI=1S/C26H18N4O5/c31-24-22(25(32)29(26(33)27-24)19-6-2-1-3-7-19)14-18-16-28(23-9-5-4-8-21(18)23)15-17-10-12-20(13-11-17)30(34)35/h1-14,16H,15H2,(H,27,31,33)/b22-14-. The Hall–Kier alpha value is -5.05. The minimum Gasteiger partial charge on any atom is -0.342 e. The second-order valence-electron chi connectivity index (χ2n) is 7.95. The molecule has 1 fully saturated rings. The van der Waals surface area contributed by atoms with E-state index in [1.54, 1.807) is 42.5 Å². The Morgan fingerprint density at radius 3 is 2.29 bits per heavy atom. The molecule has 9 nitrogen and oxygen atoms in total. The first-order valence-corrected chi connectivity index (χ1v) is 10.7. The Labute approximate surface area is 199 Å². The van der Waals surface area contributed by atoms with Crippen molar-refractivity contribution in [3.63, 3.8) is 0 Å². The number of rotatable bonds is 5. The maximum absolute atomic E-state index is 13.2. The number of urea groups is 1. The number of imide groups is 2. The van der Waals surface area contributed by atoms with Crippen molar-refractivity contribution in [1.82, 2.24) is 9.88 Å². The number of non-ortho nitro benzene ring substituents is 1. The highest BCUT2D eigenvalue weighted by molar-refractivity contribution is 6.39. The number of nitrogens with zero attached hydrogens (tertiary/aromatic N) is 3. The Balaban J connectivity index is 1.54. The molecular formula is C26H18N4O5. The SMILES string of the molecule is O=C1NC(=O)N(c2ccccc2)C(=O)/C1=C\c1cn(Cc2ccc([N+](=O)[O-])cc2)c2ccccc12. The fourth-order valence-electron chi connectivity index (χ4n) is 4.07. The van der Waals surface area contributed by atoms with E-state index in [-0.39, 0.29) is 11.3 Å². The number of carbonyl (C=O) groups excluding carboxylic acids is 3. The number of hydrogen-bond donors (Lipinski definition) is 1. The van der Waals surface area contributed by atoms with Gasteiger partial charge in [0.05, 0.1) is 10.6 Å². The number of para-hydroxylation sites is 2.